The first kappa shape index (κ1) is 15.5. The van der Waals surface area contributed by atoms with Crippen LogP contribution in [0.25, 0.3) is 11.5 Å². The molecule has 0 aliphatic carbocycles. The van der Waals surface area contributed by atoms with Gasteiger partial charge in [-0.2, -0.15) is 0 Å². The predicted molar refractivity (Wildman–Crippen MR) is 83.5 cm³/mol. The van der Waals surface area contributed by atoms with Crippen molar-refractivity contribution in [3.05, 3.63) is 76.1 Å². The second-order valence-corrected chi connectivity index (χ2v) is 4.88. The average Bonchev–Trinajstić information content (AvgIpc) is 2.61. The van der Waals surface area contributed by atoms with E-state index >= 15 is 0 Å². The Labute approximate surface area is 135 Å². The van der Waals surface area contributed by atoms with E-state index in [9.17, 15) is 14.0 Å². The lowest BCUT2D eigenvalue weighted by molar-refractivity contribution is 0.0943. The molecule has 0 atom stereocenters. The molecule has 0 aliphatic rings. The Hall–Kier alpha value is -3.42. The maximum atomic E-state index is 12.8. The van der Waals surface area contributed by atoms with Crippen molar-refractivity contribution in [3.63, 3.8) is 0 Å². The highest BCUT2D eigenvalue weighted by molar-refractivity contribution is 5.91. The summed E-state index contributed by atoms with van der Waals surface area (Å²) < 4.78 is 12.8. The van der Waals surface area contributed by atoms with Crippen LogP contribution >= 0.6 is 0 Å². The number of benzene rings is 1. The molecule has 0 radical (unpaired) electrons. The van der Waals surface area contributed by atoms with Crippen molar-refractivity contribution in [3.8, 4) is 11.5 Å². The summed E-state index contributed by atoms with van der Waals surface area (Å²) in [6, 6.07) is 10.8. The Kier molecular flexibility index (Phi) is 4.37. The number of pyridine rings is 1. The summed E-state index contributed by atoms with van der Waals surface area (Å²) in [6.07, 6.45) is 1.55. The maximum Gasteiger partial charge on any atom is 0.283 e. The van der Waals surface area contributed by atoms with Gasteiger partial charge in [-0.3, -0.25) is 14.6 Å². The molecule has 2 heterocycles. The van der Waals surface area contributed by atoms with E-state index in [0.29, 0.717) is 11.3 Å². The van der Waals surface area contributed by atoms with Gasteiger partial charge in [-0.1, -0.05) is 18.2 Å². The summed E-state index contributed by atoms with van der Waals surface area (Å²) in [6.45, 7) is 0.141. The molecular formula is C16H12FN5O2. The van der Waals surface area contributed by atoms with Crippen LogP contribution in [-0.4, -0.2) is 26.1 Å². The molecule has 2 aromatic heterocycles. The number of nitrogens with zero attached hydrogens (tertiary/aromatic N) is 3. The minimum absolute atomic E-state index is 0.141. The van der Waals surface area contributed by atoms with Crippen LogP contribution in [-0.2, 0) is 6.54 Å². The summed E-state index contributed by atoms with van der Waals surface area (Å²) >= 11 is 0. The van der Waals surface area contributed by atoms with E-state index in [-0.39, 0.29) is 23.9 Å². The minimum Gasteiger partial charge on any atom is -0.346 e. The molecule has 1 amide bonds. The molecule has 1 aromatic carbocycles. The predicted octanol–water partition coefficient (Wildman–Crippen LogP) is 1.30. The van der Waals surface area contributed by atoms with Gasteiger partial charge in [0.1, 0.15) is 11.5 Å². The summed E-state index contributed by atoms with van der Waals surface area (Å²) in [4.78, 5) is 30.6. The fraction of sp³-hybridized carbons (Fsp3) is 0.0625. The first-order valence-corrected chi connectivity index (χ1v) is 7.04. The van der Waals surface area contributed by atoms with E-state index in [0.717, 1.165) is 0 Å². The minimum atomic E-state index is -0.666. The molecule has 0 unspecified atom stereocenters. The number of halogens is 1. The maximum absolute atomic E-state index is 12.8. The van der Waals surface area contributed by atoms with Gasteiger partial charge in [-0.25, -0.2) is 4.39 Å². The first-order valence-electron chi connectivity index (χ1n) is 7.04. The third-order valence-corrected chi connectivity index (χ3v) is 3.19. The highest BCUT2D eigenvalue weighted by Crippen LogP contribution is 2.07. The molecule has 7 nitrogen and oxygen atoms in total. The zero-order chi connectivity index (χ0) is 16.9. The molecule has 3 aromatic rings. The van der Waals surface area contributed by atoms with Crippen molar-refractivity contribution in [2.24, 2.45) is 0 Å². The third-order valence-electron chi connectivity index (χ3n) is 3.19. The van der Waals surface area contributed by atoms with Crippen molar-refractivity contribution in [1.82, 2.24) is 25.5 Å². The lowest BCUT2D eigenvalue weighted by Crippen LogP contribution is -2.31. The molecule has 0 aliphatic heterocycles. The van der Waals surface area contributed by atoms with Gasteiger partial charge in [-0.05, 0) is 29.8 Å². The van der Waals surface area contributed by atoms with Gasteiger partial charge >= 0.3 is 0 Å². The Morgan fingerprint density at radius 2 is 1.92 bits per heavy atom. The van der Waals surface area contributed by atoms with Gasteiger partial charge in [-0.15, -0.1) is 10.2 Å². The van der Waals surface area contributed by atoms with Gasteiger partial charge in [0.25, 0.3) is 11.5 Å². The number of carbonyl (C=O) groups excluding carboxylic acids is 1. The van der Waals surface area contributed by atoms with Gasteiger partial charge in [0.2, 0.25) is 5.69 Å². The molecule has 0 saturated heterocycles. The highest BCUT2D eigenvalue weighted by atomic mass is 19.1. The average molecular weight is 325 g/mol. The lowest BCUT2D eigenvalue weighted by Gasteiger charge is -2.04. The van der Waals surface area contributed by atoms with E-state index in [1.54, 1.807) is 24.4 Å². The molecule has 3 rings (SSSR count). The normalized spacial score (nSPS) is 10.4. The largest absolute Gasteiger partial charge is 0.346 e. The van der Waals surface area contributed by atoms with Crippen LogP contribution in [0, 0.1) is 5.82 Å². The van der Waals surface area contributed by atoms with Crippen LogP contribution in [0.4, 0.5) is 4.39 Å². The van der Waals surface area contributed by atoms with Gasteiger partial charge in [0.05, 0.1) is 0 Å². The number of hydrogen-bond donors (Lipinski definition) is 2. The lowest BCUT2D eigenvalue weighted by atomic mass is 10.2. The van der Waals surface area contributed by atoms with E-state index in [1.165, 1.54) is 24.3 Å². The van der Waals surface area contributed by atoms with Crippen molar-refractivity contribution < 1.29 is 9.18 Å². The zero-order valence-electron chi connectivity index (χ0n) is 12.4. The molecule has 0 saturated carbocycles. The third kappa shape index (κ3) is 3.49. The number of aromatic nitrogens is 4. The molecule has 2 N–H and O–H groups in total. The summed E-state index contributed by atoms with van der Waals surface area (Å²) in [5, 5.41) is 10.0. The van der Waals surface area contributed by atoms with Crippen LogP contribution in [0.5, 0.6) is 0 Å². The first-order chi connectivity index (χ1) is 11.6. The molecule has 0 spiro atoms. The summed E-state index contributed by atoms with van der Waals surface area (Å²) in [5.74, 6) is -0.853. The van der Waals surface area contributed by atoms with Gasteiger partial charge in [0, 0.05) is 12.7 Å². The molecular weight excluding hydrogens is 313 g/mol. The number of rotatable bonds is 4. The van der Waals surface area contributed by atoms with E-state index in [1.807, 2.05) is 0 Å². The second-order valence-electron chi connectivity index (χ2n) is 4.88. The fourth-order valence-corrected chi connectivity index (χ4v) is 1.97. The Morgan fingerprint density at radius 3 is 2.58 bits per heavy atom. The number of amides is 1. The molecule has 24 heavy (non-hydrogen) atoms. The quantitative estimate of drug-likeness (QED) is 0.753. The second kappa shape index (κ2) is 6.78. The summed E-state index contributed by atoms with van der Waals surface area (Å²) in [5.41, 5.74) is 0.124. The van der Waals surface area contributed by atoms with Crippen LogP contribution in [0.15, 0.2) is 53.5 Å². The molecule has 0 fully saturated rings. The van der Waals surface area contributed by atoms with Gasteiger partial charge < -0.3 is 10.3 Å². The van der Waals surface area contributed by atoms with E-state index in [4.69, 9.17) is 0 Å². The number of aromatic amines is 1. The van der Waals surface area contributed by atoms with Crippen LogP contribution in [0.1, 0.15) is 16.1 Å². The van der Waals surface area contributed by atoms with Gasteiger partial charge in [0.15, 0.2) is 5.82 Å². The van der Waals surface area contributed by atoms with Crippen LogP contribution in [0.2, 0.25) is 0 Å². The van der Waals surface area contributed by atoms with Crippen molar-refractivity contribution in [2.45, 2.75) is 6.54 Å². The zero-order valence-corrected chi connectivity index (χ0v) is 12.4. The Morgan fingerprint density at radius 1 is 1.12 bits per heavy atom. The Balaban J connectivity index is 1.73. The number of carbonyl (C=O) groups is 1. The SMILES string of the molecule is O=C(NCc1ccc(F)cc1)c1nnc(-c2ccccn2)[nH]c1=O. The monoisotopic (exact) mass is 325 g/mol. The fourth-order valence-electron chi connectivity index (χ4n) is 1.97. The van der Waals surface area contributed by atoms with Crippen LogP contribution < -0.4 is 10.9 Å². The van der Waals surface area contributed by atoms with Crippen molar-refractivity contribution in [1.29, 1.82) is 0 Å². The molecule has 0 bridgehead atoms. The highest BCUT2D eigenvalue weighted by Gasteiger charge is 2.14. The van der Waals surface area contributed by atoms with Crippen molar-refractivity contribution in [2.75, 3.05) is 0 Å². The summed E-state index contributed by atoms with van der Waals surface area (Å²) in [7, 11) is 0. The standard InChI is InChI=1S/C16H12FN5O2/c17-11-6-4-10(5-7-11)9-19-15(23)13-16(24)20-14(22-21-13)12-3-1-2-8-18-12/h1-8H,9H2,(H,19,23)(H,20,22,24). The van der Waals surface area contributed by atoms with E-state index in [2.05, 4.69) is 25.5 Å². The Bertz CT molecular complexity index is 910. The number of hydrogen-bond acceptors (Lipinski definition) is 5. The molecule has 120 valence electrons. The topological polar surface area (TPSA) is 101 Å². The molecule has 8 heteroatoms. The van der Waals surface area contributed by atoms with E-state index < -0.39 is 11.5 Å². The van der Waals surface area contributed by atoms with Crippen LogP contribution in [0.3, 0.4) is 0 Å². The smallest absolute Gasteiger partial charge is 0.283 e. The number of H-pyrrole nitrogens is 1. The van der Waals surface area contributed by atoms with Crippen molar-refractivity contribution >= 4 is 5.91 Å². The number of nitrogens with one attached hydrogen (secondary N) is 2.